The molecule has 26 heavy (non-hydrogen) atoms. The van der Waals surface area contributed by atoms with E-state index in [1.54, 1.807) is 37.3 Å². The summed E-state index contributed by atoms with van der Waals surface area (Å²) in [5.41, 5.74) is 2.58. The Morgan fingerprint density at radius 1 is 1.19 bits per heavy atom. The van der Waals surface area contributed by atoms with Crippen LogP contribution in [0.3, 0.4) is 0 Å². The summed E-state index contributed by atoms with van der Waals surface area (Å²) in [4.78, 5) is 36.0. The molecule has 1 N–H and O–H groups in total. The SMILES string of the molecule is CCOC(=O)c1ccc(NC(=O)Cn2nc3c(cc2=O)CCCC3)cc1. The van der Waals surface area contributed by atoms with Crippen molar-refractivity contribution in [1.82, 2.24) is 9.78 Å². The highest BCUT2D eigenvalue weighted by molar-refractivity contribution is 5.92. The first-order valence-electron chi connectivity index (χ1n) is 8.74. The smallest absolute Gasteiger partial charge is 0.338 e. The molecule has 7 heteroatoms. The largest absolute Gasteiger partial charge is 0.462 e. The molecule has 0 saturated carbocycles. The molecule has 0 bridgehead atoms. The summed E-state index contributed by atoms with van der Waals surface area (Å²) >= 11 is 0. The predicted octanol–water partition coefficient (Wildman–Crippen LogP) is 1.94. The van der Waals surface area contributed by atoms with Crippen LogP contribution in [0.4, 0.5) is 5.69 Å². The molecule has 136 valence electrons. The van der Waals surface area contributed by atoms with E-state index in [-0.39, 0.29) is 18.0 Å². The number of nitrogens with one attached hydrogen (secondary N) is 1. The second-order valence-electron chi connectivity index (χ2n) is 6.17. The van der Waals surface area contributed by atoms with Gasteiger partial charge in [-0.25, -0.2) is 9.48 Å². The number of carbonyl (C=O) groups excluding carboxylic acids is 2. The quantitative estimate of drug-likeness (QED) is 0.828. The number of fused-ring (bicyclic) bond motifs is 1. The molecule has 0 atom stereocenters. The van der Waals surface area contributed by atoms with E-state index in [9.17, 15) is 14.4 Å². The maximum atomic E-state index is 12.2. The number of carbonyl (C=O) groups is 2. The van der Waals surface area contributed by atoms with Crippen molar-refractivity contribution in [3.8, 4) is 0 Å². The Bertz CT molecular complexity index is 871. The summed E-state index contributed by atoms with van der Waals surface area (Å²) in [5.74, 6) is -0.755. The van der Waals surface area contributed by atoms with E-state index >= 15 is 0 Å². The number of aromatic nitrogens is 2. The molecule has 0 saturated heterocycles. The average Bonchev–Trinajstić information content (AvgIpc) is 2.63. The lowest BCUT2D eigenvalue weighted by Gasteiger charge is -2.15. The molecule has 1 aliphatic rings. The summed E-state index contributed by atoms with van der Waals surface area (Å²) in [6, 6.07) is 7.98. The number of benzene rings is 1. The van der Waals surface area contributed by atoms with Crippen LogP contribution in [0.1, 0.15) is 41.4 Å². The van der Waals surface area contributed by atoms with Crippen molar-refractivity contribution < 1.29 is 14.3 Å². The predicted molar refractivity (Wildman–Crippen MR) is 96.2 cm³/mol. The number of esters is 1. The second kappa shape index (κ2) is 7.95. The van der Waals surface area contributed by atoms with Crippen molar-refractivity contribution in [1.29, 1.82) is 0 Å². The Balaban J connectivity index is 1.66. The Morgan fingerprint density at radius 2 is 1.92 bits per heavy atom. The van der Waals surface area contributed by atoms with Crippen molar-refractivity contribution in [3.05, 3.63) is 57.5 Å². The number of anilines is 1. The van der Waals surface area contributed by atoms with Gasteiger partial charge < -0.3 is 10.1 Å². The lowest BCUT2D eigenvalue weighted by Crippen LogP contribution is -2.31. The van der Waals surface area contributed by atoms with Gasteiger partial charge in [-0.1, -0.05) is 0 Å². The number of aryl methyl sites for hydroxylation is 2. The lowest BCUT2D eigenvalue weighted by atomic mass is 9.97. The van der Waals surface area contributed by atoms with E-state index in [4.69, 9.17) is 4.74 Å². The first-order chi connectivity index (χ1) is 12.6. The van der Waals surface area contributed by atoms with Crippen LogP contribution < -0.4 is 10.9 Å². The summed E-state index contributed by atoms with van der Waals surface area (Å²) < 4.78 is 6.11. The molecule has 0 radical (unpaired) electrons. The Kier molecular flexibility index (Phi) is 5.46. The van der Waals surface area contributed by atoms with E-state index < -0.39 is 5.97 Å². The molecule has 0 aliphatic heterocycles. The molecule has 1 aromatic heterocycles. The number of nitrogens with zero attached hydrogens (tertiary/aromatic N) is 2. The molecule has 1 aromatic carbocycles. The zero-order valence-electron chi connectivity index (χ0n) is 14.7. The van der Waals surface area contributed by atoms with Crippen LogP contribution in [0, 0.1) is 0 Å². The van der Waals surface area contributed by atoms with Crippen molar-refractivity contribution in [2.75, 3.05) is 11.9 Å². The third kappa shape index (κ3) is 4.17. The highest BCUT2D eigenvalue weighted by Gasteiger charge is 2.15. The third-order valence-electron chi connectivity index (χ3n) is 4.25. The van der Waals surface area contributed by atoms with Gasteiger partial charge in [-0.3, -0.25) is 9.59 Å². The Hall–Kier alpha value is -2.96. The van der Waals surface area contributed by atoms with Crippen LogP contribution >= 0.6 is 0 Å². The molecule has 1 heterocycles. The Labute approximate surface area is 151 Å². The van der Waals surface area contributed by atoms with E-state index in [1.807, 2.05) is 0 Å². The molecule has 0 unspecified atom stereocenters. The number of hydrogen-bond donors (Lipinski definition) is 1. The van der Waals surface area contributed by atoms with Gasteiger partial charge in [0.2, 0.25) is 5.91 Å². The van der Waals surface area contributed by atoms with Gasteiger partial charge in [0.25, 0.3) is 5.56 Å². The molecule has 2 aromatic rings. The van der Waals surface area contributed by atoms with Gasteiger partial charge >= 0.3 is 5.97 Å². The Morgan fingerprint density at radius 3 is 2.65 bits per heavy atom. The van der Waals surface area contributed by atoms with Crippen molar-refractivity contribution in [2.45, 2.75) is 39.2 Å². The van der Waals surface area contributed by atoms with Gasteiger partial charge in [0.15, 0.2) is 0 Å². The maximum absolute atomic E-state index is 12.2. The normalized spacial score (nSPS) is 13.0. The van der Waals surface area contributed by atoms with E-state index in [2.05, 4.69) is 10.4 Å². The number of amides is 1. The fourth-order valence-electron chi connectivity index (χ4n) is 2.95. The highest BCUT2D eigenvalue weighted by Crippen LogP contribution is 2.17. The van der Waals surface area contributed by atoms with Crippen LogP contribution in [0.2, 0.25) is 0 Å². The van der Waals surface area contributed by atoms with Crippen molar-refractivity contribution >= 4 is 17.6 Å². The lowest BCUT2D eigenvalue weighted by molar-refractivity contribution is -0.117. The molecule has 1 amide bonds. The number of ether oxygens (including phenoxy) is 1. The van der Waals surface area contributed by atoms with E-state index in [0.29, 0.717) is 17.9 Å². The molecular weight excluding hydrogens is 334 g/mol. The summed E-state index contributed by atoms with van der Waals surface area (Å²) in [5, 5.41) is 7.04. The molecule has 1 aliphatic carbocycles. The van der Waals surface area contributed by atoms with Gasteiger partial charge in [-0.2, -0.15) is 5.10 Å². The van der Waals surface area contributed by atoms with Gasteiger partial charge in [0.1, 0.15) is 6.54 Å². The highest BCUT2D eigenvalue weighted by atomic mass is 16.5. The summed E-state index contributed by atoms with van der Waals surface area (Å²) in [6.07, 6.45) is 3.83. The van der Waals surface area contributed by atoms with E-state index in [0.717, 1.165) is 36.9 Å². The first kappa shape index (κ1) is 17.8. The fourth-order valence-corrected chi connectivity index (χ4v) is 2.95. The van der Waals surface area contributed by atoms with Crippen molar-refractivity contribution in [2.24, 2.45) is 0 Å². The zero-order valence-corrected chi connectivity index (χ0v) is 14.7. The second-order valence-corrected chi connectivity index (χ2v) is 6.17. The molecule has 0 fully saturated rings. The summed E-state index contributed by atoms with van der Waals surface area (Å²) in [7, 11) is 0. The average molecular weight is 355 g/mol. The summed E-state index contributed by atoms with van der Waals surface area (Å²) in [6.45, 7) is 1.90. The standard InChI is InChI=1S/C19H21N3O4/c1-2-26-19(25)13-7-9-15(10-8-13)20-17(23)12-22-18(24)11-14-5-3-4-6-16(14)21-22/h7-11H,2-6,12H2,1H3,(H,20,23). The molecule has 0 spiro atoms. The molecule has 7 nitrogen and oxygen atoms in total. The monoisotopic (exact) mass is 355 g/mol. The van der Waals surface area contributed by atoms with Gasteiger partial charge in [-0.05, 0) is 62.4 Å². The van der Waals surface area contributed by atoms with Crippen LogP contribution in [0.25, 0.3) is 0 Å². The molecular formula is C19H21N3O4. The van der Waals surface area contributed by atoms with Gasteiger partial charge in [0.05, 0.1) is 17.9 Å². The minimum absolute atomic E-state index is 0.147. The van der Waals surface area contributed by atoms with Crippen LogP contribution in [-0.2, 0) is 28.9 Å². The van der Waals surface area contributed by atoms with Gasteiger partial charge in [-0.15, -0.1) is 0 Å². The minimum atomic E-state index is -0.407. The van der Waals surface area contributed by atoms with Crippen LogP contribution in [0.5, 0.6) is 0 Å². The van der Waals surface area contributed by atoms with Gasteiger partial charge in [0, 0.05) is 11.8 Å². The molecule has 3 rings (SSSR count). The minimum Gasteiger partial charge on any atom is -0.462 e. The third-order valence-corrected chi connectivity index (χ3v) is 4.25. The first-order valence-corrected chi connectivity index (χ1v) is 8.74. The topological polar surface area (TPSA) is 90.3 Å². The number of rotatable bonds is 5. The van der Waals surface area contributed by atoms with Crippen LogP contribution in [0.15, 0.2) is 35.1 Å². The maximum Gasteiger partial charge on any atom is 0.338 e. The number of hydrogen-bond acceptors (Lipinski definition) is 5. The zero-order chi connectivity index (χ0) is 18.5. The van der Waals surface area contributed by atoms with Crippen LogP contribution in [-0.4, -0.2) is 28.3 Å². The van der Waals surface area contributed by atoms with E-state index in [1.165, 1.54) is 4.68 Å². The van der Waals surface area contributed by atoms with Crippen molar-refractivity contribution in [3.63, 3.8) is 0 Å². The fraction of sp³-hybridized carbons (Fsp3) is 0.368.